The monoisotopic (exact) mass is 476 g/mol. The van der Waals surface area contributed by atoms with Gasteiger partial charge in [0.1, 0.15) is 10.4 Å². The third kappa shape index (κ3) is 4.42. The molecule has 0 fully saturated rings. The Morgan fingerprint density at radius 1 is 1.09 bits per heavy atom. The molecular weight excluding hydrogens is 456 g/mol. The van der Waals surface area contributed by atoms with Crippen molar-refractivity contribution < 1.29 is 9.26 Å². The number of aryl methyl sites for hydroxylation is 1. The minimum atomic E-state index is -0.0561. The van der Waals surface area contributed by atoms with E-state index in [0.29, 0.717) is 39.4 Å². The normalized spacial score (nSPS) is 11.2. The highest BCUT2D eigenvalue weighted by Crippen LogP contribution is 2.26. The average molecular weight is 477 g/mol. The second-order valence-corrected chi connectivity index (χ2v) is 9.24. The van der Waals surface area contributed by atoms with Gasteiger partial charge in [0, 0.05) is 5.56 Å². The first-order valence-electron chi connectivity index (χ1n) is 10.2. The maximum absolute atomic E-state index is 13.2. The van der Waals surface area contributed by atoms with Crippen LogP contribution in [0.5, 0.6) is 5.75 Å². The van der Waals surface area contributed by atoms with E-state index < -0.39 is 0 Å². The maximum atomic E-state index is 13.2. The minimum absolute atomic E-state index is 0.0561. The van der Waals surface area contributed by atoms with Crippen molar-refractivity contribution in [3.05, 3.63) is 87.3 Å². The van der Waals surface area contributed by atoms with Gasteiger partial charge in [-0.2, -0.15) is 4.98 Å². The highest BCUT2D eigenvalue weighted by Gasteiger charge is 2.16. The van der Waals surface area contributed by atoms with Crippen LogP contribution < -0.4 is 10.3 Å². The lowest BCUT2D eigenvalue weighted by Gasteiger charge is -2.12. The van der Waals surface area contributed by atoms with Gasteiger partial charge >= 0.3 is 0 Å². The number of methoxy groups -OCH3 is 1. The van der Waals surface area contributed by atoms with Crippen molar-refractivity contribution >= 4 is 33.3 Å². The number of ether oxygens (including phenoxy) is 1. The van der Waals surface area contributed by atoms with Crippen molar-refractivity contribution in [2.24, 2.45) is 0 Å². The Morgan fingerprint density at radius 2 is 1.91 bits per heavy atom. The standard InChI is InChI=1S/C24H20N4O3S2/c1-15-5-3-4-6-18(15)22-26-20(31-27-22)14-33-24-25-19-11-12-32-21(19)23(29)28(24)13-16-7-9-17(30-2)10-8-16/h3-12H,13-14H2,1-2H3. The molecule has 0 aliphatic heterocycles. The average Bonchev–Trinajstić information content (AvgIpc) is 3.50. The fourth-order valence-corrected chi connectivity index (χ4v) is 5.07. The molecule has 0 amide bonds. The molecule has 3 heterocycles. The van der Waals surface area contributed by atoms with Gasteiger partial charge in [-0.25, -0.2) is 4.98 Å². The van der Waals surface area contributed by atoms with Crippen LogP contribution in [0.25, 0.3) is 21.6 Å². The minimum Gasteiger partial charge on any atom is -0.497 e. The summed E-state index contributed by atoms with van der Waals surface area (Å²) in [5.74, 6) is 2.21. The van der Waals surface area contributed by atoms with Gasteiger partial charge < -0.3 is 9.26 Å². The Kier molecular flexibility index (Phi) is 5.97. The number of rotatable bonds is 7. The van der Waals surface area contributed by atoms with Gasteiger partial charge in [-0.3, -0.25) is 9.36 Å². The predicted molar refractivity (Wildman–Crippen MR) is 130 cm³/mol. The lowest BCUT2D eigenvalue weighted by molar-refractivity contribution is 0.391. The zero-order valence-electron chi connectivity index (χ0n) is 18.0. The molecular formula is C24H20N4O3S2. The molecule has 5 rings (SSSR count). The Morgan fingerprint density at radius 3 is 2.70 bits per heavy atom. The quantitative estimate of drug-likeness (QED) is 0.237. The Labute approximate surface area is 198 Å². The lowest BCUT2D eigenvalue weighted by atomic mass is 10.1. The van der Waals surface area contributed by atoms with Crippen molar-refractivity contribution in [3.63, 3.8) is 0 Å². The number of hydrogen-bond acceptors (Lipinski definition) is 8. The van der Waals surface area contributed by atoms with Gasteiger partial charge in [-0.15, -0.1) is 11.3 Å². The van der Waals surface area contributed by atoms with Crippen LogP contribution in [0.3, 0.4) is 0 Å². The van der Waals surface area contributed by atoms with E-state index >= 15 is 0 Å². The molecule has 0 bridgehead atoms. The van der Waals surface area contributed by atoms with Crippen LogP contribution in [-0.4, -0.2) is 26.8 Å². The number of nitrogens with zero attached hydrogens (tertiary/aromatic N) is 4. The molecule has 0 saturated carbocycles. The smallest absolute Gasteiger partial charge is 0.272 e. The Balaban J connectivity index is 1.43. The zero-order valence-corrected chi connectivity index (χ0v) is 19.7. The van der Waals surface area contributed by atoms with E-state index in [4.69, 9.17) is 14.2 Å². The van der Waals surface area contributed by atoms with E-state index in [0.717, 1.165) is 22.4 Å². The van der Waals surface area contributed by atoms with E-state index in [1.807, 2.05) is 66.9 Å². The third-order valence-electron chi connectivity index (χ3n) is 5.21. The molecule has 0 radical (unpaired) electrons. The molecule has 166 valence electrons. The first-order valence-corrected chi connectivity index (χ1v) is 12.1. The van der Waals surface area contributed by atoms with Gasteiger partial charge in [0.15, 0.2) is 5.16 Å². The number of thioether (sulfide) groups is 1. The van der Waals surface area contributed by atoms with Gasteiger partial charge in [-0.05, 0) is 41.6 Å². The molecule has 0 aliphatic rings. The van der Waals surface area contributed by atoms with E-state index in [1.165, 1.54) is 23.1 Å². The van der Waals surface area contributed by atoms with Crippen LogP contribution in [0.1, 0.15) is 17.0 Å². The molecule has 0 aliphatic carbocycles. The SMILES string of the molecule is COc1ccc(Cn2c(SCc3nc(-c4ccccc4C)no3)nc3ccsc3c2=O)cc1. The first-order chi connectivity index (χ1) is 16.1. The molecule has 9 heteroatoms. The largest absolute Gasteiger partial charge is 0.497 e. The summed E-state index contributed by atoms with van der Waals surface area (Å²) < 4.78 is 13.1. The first kappa shape index (κ1) is 21.4. The molecule has 0 atom stereocenters. The van der Waals surface area contributed by atoms with Crippen molar-refractivity contribution in [1.82, 2.24) is 19.7 Å². The van der Waals surface area contributed by atoms with Gasteiger partial charge in [0.05, 0.1) is 24.9 Å². The summed E-state index contributed by atoms with van der Waals surface area (Å²) >= 11 is 2.81. The molecule has 7 nitrogen and oxygen atoms in total. The van der Waals surface area contributed by atoms with Crippen LogP contribution in [0.15, 0.2) is 74.5 Å². The molecule has 0 spiro atoms. The molecule has 33 heavy (non-hydrogen) atoms. The van der Waals surface area contributed by atoms with E-state index in [2.05, 4.69) is 10.1 Å². The molecule has 2 aromatic carbocycles. The van der Waals surface area contributed by atoms with E-state index in [1.54, 1.807) is 11.7 Å². The third-order valence-corrected chi connectivity index (χ3v) is 7.06. The molecule has 0 N–H and O–H groups in total. The van der Waals surface area contributed by atoms with Crippen LogP contribution in [0.2, 0.25) is 0 Å². The van der Waals surface area contributed by atoms with Crippen LogP contribution in [0, 0.1) is 6.92 Å². The van der Waals surface area contributed by atoms with Gasteiger partial charge in [-0.1, -0.05) is 53.3 Å². The number of hydrogen-bond donors (Lipinski definition) is 0. The highest BCUT2D eigenvalue weighted by molar-refractivity contribution is 7.98. The summed E-state index contributed by atoms with van der Waals surface area (Å²) in [5.41, 5.74) is 3.64. The zero-order chi connectivity index (χ0) is 22.8. The van der Waals surface area contributed by atoms with Crippen LogP contribution >= 0.6 is 23.1 Å². The van der Waals surface area contributed by atoms with E-state index in [-0.39, 0.29) is 5.56 Å². The highest BCUT2D eigenvalue weighted by atomic mass is 32.2. The maximum Gasteiger partial charge on any atom is 0.272 e. The molecule has 0 unspecified atom stereocenters. The summed E-state index contributed by atoms with van der Waals surface area (Å²) in [4.78, 5) is 22.5. The fraction of sp³-hybridized carbons (Fsp3) is 0.167. The van der Waals surface area contributed by atoms with Crippen LogP contribution in [0.4, 0.5) is 0 Å². The van der Waals surface area contributed by atoms with Gasteiger partial charge in [0.2, 0.25) is 11.7 Å². The molecule has 3 aromatic heterocycles. The second kappa shape index (κ2) is 9.21. The second-order valence-electron chi connectivity index (χ2n) is 7.38. The fourth-order valence-electron chi connectivity index (χ4n) is 3.46. The Bertz CT molecular complexity index is 1470. The lowest BCUT2D eigenvalue weighted by Crippen LogP contribution is -2.23. The predicted octanol–water partition coefficient (Wildman–Crippen LogP) is 5.17. The van der Waals surface area contributed by atoms with Crippen molar-refractivity contribution in [3.8, 4) is 17.1 Å². The molecule has 5 aromatic rings. The topological polar surface area (TPSA) is 83.0 Å². The summed E-state index contributed by atoms with van der Waals surface area (Å²) in [6, 6.07) is 17.4. The summed E-state index contributed by atoms with van der Waals surface area (Å²) in [5, 5.41) is 6.62. The number of thiophene rings is 1. The van der Waals surface area contributed by atoms with Crippen molar-refractivity contribution in [2.45, 2.75) is 24.4 Å². The van der Waals surface area contributed by atoms with Crippen LogP contribution in [-0.2, 0) is 12.3 Å². The van der Waals surface area contributed by atoms with E-state index in [9.17, 15) is 4.79 Å². The number of aromatic nitrogens is 4. The molecule has 0 saturated heterocycles. The Hall–Kier alpha value is -3.43. The summed E-state index contributed by atoms with van der Waals surface area (Å²) in [6.45, 7) is 2.42. The van der Waals surface area contributed by atoms with Crippen molar-refractivity contribution in [2.75, 3.05) is 7.11 Å². The summed E-state index contributed by atoms with van der Waals surface area (Å²) in [6.07, 6.45) is 0. The van der Waals surface area contributed by atoms with Gasteiger partial charge in [0.25, 0.3) is 5.56 Å². The number of benzene rings is 2. The summed E-state index contributed by atoms with van der Waals surface area (Å²) in [7, 11) is 1.63. The number of fused-ring (bicyclic) bond motifs is 1. The van der Waals surface area contributed by atoms with Crippen molar-refractivity contribution in [1.29, 1.82) is 0 Å².